The minimum absolute atomic E-state index is 0.116. The molecule has 0 saturated heterocycles. The van der Waals surface area contributed by atoms with Crippen molar-refractivity contribution in [3.8, 4) is 5.75 Å². The monoisotopic (exact) mass is 516 g/mol. The minimum Gasteiger partial charge on any atom is -0.534 e. The average molecular weight is 517 g/mol. The number of hydrogen-bond donors (Lipinski definition) is 0. The number of ketones is 1. The molecular formula is C31H40O3Si2. The Morgan fingerprint density at radius 3 is 1.89 bits per heavy atom. The van der Waals surface area contributed by atoms with Gasteiger partial charge in [-0.1, -0.05) is 93.6 Å². The molecule has 1 fully saturated rings. The molecule has 4 rings (SSSR count). The van der Waals surface area contributed by atoms with Gasteiger partial charge in [-0.25, -0.2) is 0 Å². The number of rotatable bonds is 8. The largest absolute Gasteiger partial charge is 0.534 e. The minimum atomic E-state index is -2.72. The summed E-state index contributed by atoms with van der Waals surface area (Å²) in [7, 11) is -4.62. The smallest absolute Gasteiger partial charge is 0.319 e. The zero-order chi connectivity index (χ0) is 26.0. The molecular weight excluding hydrogens is 477 g/mol. The molecule has 0 amide bonds. The molecule has 0 radical (unpaired) electrons. The van der Waals surface area contributed by atoms with E-state index >= 15 is 0 Å². The number of hydrogen-bond acceptors (Lipinski definition) is 3. The van der Waals surface area contributed by atoms with Crippen LogP contribution >= 0.6 is 0 Å². The maximum absolute atomic E-state index is 13.1. The molecule has 3 nitrogen and oxygen atoms in total. The summed E-state index contributed by atoms with van der Waals surface area (Å²) in [5, 5.41) is 2.38. The molecule has 0 unspecified atom stereocenters. The summed E-state index contributed by atoms with van der Waals surface area (Å²) in [6.07, 6.45) is 2.92. The molecule has 0 spiro atoms. The van der Waals surface area contributed by atoms with Crippen molar-refractivity contribution in [2.24, 2.45) is 0 Å². The Balaban J connectivity index is 1.77. The molecule has 0 bridgehead atoms. The first-order chi connectivity index (χ1) is 17.0. The average Bonchev–Trinajstić information content (AvgIpc) is 3.15. The van der Waals surface area contributed by atoms with Crippen LogP contribution in [0.4, 0.5) is 0 Å². The van der Waals surface area contributed by atoms with Crippen LogP contribution in [0.15, 0.2) is 84.9 Å². The molecule has 36 heavy (non-hydrogen) atoms. The van der Waals surface area contributed by atoms with Gasteiger partial charge in [-0.05, 0) is 65.6 Å². The lowest BCUT2D eigenvalue weighted by molar-refractivity contribution is -0.131. The number of carbonyl (C=O) groups is 1. The zero-order valence-corrected chi connectivity index (χ0v) is 24.6. The third-order valence-corrected chi connectivity index (χ3v) is 13.0. The maximum atomic E-state index is 13.1. The summed E-state index contributed by atoms with van der Waals surface area (Å²) in [5.41, 5.74) is 0.402. The van der Waals surface area contributed by atoms with Crippen LogP contribution in [0, 0.1) is 0 Å². The standard InChI is InChI=1S/C31H40O3Si2/c1-30(2,3)36(27-17-9-7-10-18-27,28-19-11-8-12-20-28)33-26-16-13-15-25(23-26)24-31(34-35(4,5)6)22-14-21-29(31)32/h7-13,15-20,23H,14,21-22,24H2,1-6H3/t31-/m1/s1. The molecule has 3 aromatic carbocycles. The molecule has 0 heterocycles. The highest BCUT2D eigenvalue weighted by Gasteiger charge is 2.52. The van der Waals surface area contributed by atoms with Gasteiger partial charge in [0.15, 0.2) is 14.1 Å². The van der Waals surface area contributed by atoms with Crippen LogP contribution in [-0.4, -0.2) is 28.0 Å². The van der Waals surface area contributed by atoms with Crippen molar-refractivity contribution in [2.45, 2.75) is 76.7 Å². The molecule has 5 heteroatoms. The fraction of sp³-hybridized carbons (Fsp3) is 0.387. The second-order valence-corrected chi connectivity index (χ2v) is 20.7. The first-order valence-corrected chi connectivity index (χ1v) is 18.4. The Hall–Kier alpha value is -2.48. The predicted octanol–water partition coefficient (Wildman–Crippen LogP) is 6.51. The summed E-state index contributed by atoms with van der Waals surface area (Å²) in [6.45, 7) is 13.4. The van der Waals surface area contributed by atoms with Crippen LogP contribution in [0.2, 0.25) is 24.7 Å². The van der Waals surface area contributed by atoms with E-state index in [4.69, 9.17) is 8.85 Å². The van der Waals surface area contributed by atoms with Gasteiger partial charge in [-0.2, -0.15) is 0 Å². The fourth-order valence-corrected chi connectivity index (χ4v) is 11.6. The lowest BCUT2D eigenvalue weighted by atomic mass is 9.92. The van der Waals surface area contributed by atoms with Gasteiger partial charge in [0, 0.05) is 12.8 Å². The van der Waals surface area contributed by atoms with Crippen molar-refractivity contribution in [1.29, 1.82) is 0 Å². The van der Waals surface area contributed by atoms with E-state index < -0.39 is 22.2 Å². The van der Waals surface area contributed by atoms with Crippen LogP contribution in [0.25, 0.3) is 0 Å². The van der Waals surface area contributed by atoms with Gasteiger partial charge in [0.1, 0.15) is 11.4 Å². The molecule has 0 aliphatic heterocycles. The highest BCUT2D eigenvalue weighted by molar-refractivity contribution is 7.00. The first kappa shape index (κ1) is 26.6. The third kappa shape index (κ3) is 5.43. The van der Waals surface area contributed by atoms with Crippen molar-refractivity contribution in [3.63, 3.8) is 0 Å². The van der Waals surface area contributed by atoms with E-state index in [0.29, 0.717) is 12.8 Å². The highest BCUT2D eigenvalue weighted by atomic mass is 28.4. The Bertz CT molecular complexity index is 1140. The second-order valence-electron chi connectivity index (χ2n) is 12.1. The fourth-order valence-electron chi connectivity index (χ4n) is 5.69. The van der Waals surface area contributed by atoms with Gasteiger partial charge in [-0.3, -0.25) is 4.79 Å². The van der Waals surface area contributed by atoms with Crippen LogP contribution in [0.3, 0.4) is 0 Å². The van der Waals surface area contributed by atoms with E-state index in [1.807, 2.05) is 0 Å². The summed E-state index contributed by atoms with van der Waals surface area (Å²) < 4.78 is 13.8. The Labute approximate surface area is 219 Å². The van der Waals surface area contributed by atoms with Crippen molar-refractivity contribution in [1.82, 2.24) is 0 Å². The van der Waals surface area contributed by atoms with E-state index in [2.05, 4.69) is 125 Å². The topological polar surface area (TPSA) is 35.5 Å². The summed E-state index contributed by atoms with van der Waals surface area (Å²) >= 11 is 0. The summed E-state index contributed by atoms with van der Waals surface area (Å²) in [6, 6.07) is 29.8. The van der Waals surface area contributed by atoms with E-state index in [1.165, 1.54) is 10.4 Å². The predicted molar refractivity (Wildman–Crippen MR) is 154 cm³/mol. The van der Waals surface area contributed by atoms with Crippen LogP contribution in [0.1, 0.15) is 45.6 Å². The van der Waals surface area contributed by atoms with Crippen LogP contribution in [0.5, 0.6) is 5.75 Å². The van der Waals surface area contributed by atoms with Crippen LogP contribution in [-0.2, 0) is 15.6 Å². The summed E-state index contributed by atoms with van der Waals surface area (Å²) in [5.74, 6) is 1.11. The molecule has 3 aromatic rings. The lowest BCUT2D eigenvalue weighted by Crippen LogP contribution is -2.68. The Morgan fingerprint density at radius 1 is 0.833 bits per heavy atom. The van der Waals surface area contributed by atoms with Gasteiger partial charge in [0.05, 0.1) is 0 Å². The van der Waals surface area contributed by atoms with Gasteiger partial charge in [-0.15, -0.1) is 0 Å². The Kier molecular flexibility index (Phi) is 7.47. The number of benzene rings is 3. The molecule has 0 aromatic heterocycles. The van der Waals surface area contributed by atoms with E-state index in [0.717, 1.165) is 24.2 Å². The molecule has 190 valence electrons. The van der Waals surface area contributed by atoms with Crippen molar-refractivity contribution < 1.29 is 13.6 Å². The molecule has 0 N–H and O–H groups in total. The van der Waals surface area contributed by atoms with E-state index in [1.54, 1.807) is 0 Å². The zero-order valence-electron chi connectivity index (χ0n) is 22.6. The van der Waals surface area contributed by atoms with Gasteiger partial charge < -0.3 is 8.85 Å². The first-order valence-electron chi connectivity index (χ1n) is 13.1. The van der Waals surface area contributed by atoms with Gasteiger partial charge >= 0.3 is 8.32 Å². The Morgan fingerprint density at radius 2 is 1.42 bits per heavy atom. The highest BCUT2D eigenvalue weighted by Crippen LogP contribution is 2.39. The van der Waals surface area contributed by atoms with Crippen molar-refractivity contribution >= 4 is 32.8 Å². The molecule has 1 aliphatic carbocycles. The number of Topliss-reactive ketones (excluding diaryl/α,β-unsaturated/α-hetero) is 1. The van der Waals surface area contributed by atoms with Gasteiger partial charge in [0.2, 0.25) is 0 Å². The quantitative estimate of drug-likeness (QED) is 0.320. The SMILES string of the molecule is CC(C)(C)[Si](Oc1cccc(C[C@]2(O[Si](C)(C)C)CCCC2=O)c1)(c1ccccc1)c1ccccc1. The second kappa shape index (κ2) is 10.1. The normalized spacial score (nSPS) is 18.9. The summed E-state index contributed by atoms with van der Waals surface area (Å²) in [4.78, 5) is 13.1. The van der Waals surface area contributed by atoms with Crippen molar-refractivity contribution in [3.05, 3.63) is 90.5 Å². The van der Waals surface area contributed by atoms with E-state index in [9.17, 15) is 4.79 Å². The lowest BCUT2D eigenvalue weighted by Gasteiger charge is -2.43. The molecule has 1 saturated carbocycles. The molecule has 1 atom stereocenters. The number of carbonyl (C=O) groups excluding carboxylic acids is 1. The van der Waals surface area contributed by atoms with Gasteiger partial charge in [0.25, 0.3) is 0 Å². The molecule has 1 aliphatic rings. The maximum Gasteiger partial charge on any atom is 0.319 e. The van der Waals surface area contributed by atoms with Crippen molar-refractivity contribution in [2.75, 3.05) is 0 Å². The van der Waals surface area contributed by atoms with E-state index in [-0.39, 0.29) is 10.8 Å². The van der Waals surface area contributed by atoms with Crippen LogP contribution < -0.4 is 14.8 Å². The third-order valence-electron chi connectivity index (χ3n) is 7.07.